The molecule has 1 aromatic carbocycles. The summed E-state index contributed by atoms with van der Waals surface area (Å²) in [6, 6.07) is 4.48. The van der Waals surface area contributed by atoms with Crippen molar-refractivity contribution >= 4 is 0 Å². The predicted octanol–water partition coefficient (Wildman–Crippen LogP) is 3.33. The van der Waals surface area contributed by atoms with Crippen LogP contribution < -0.4 is 14.2 Å². The van der Waals surface area contributed by atoms with Gasteiger partial charge in [0.1, 0.15) is 5.75 Å². The second-order valence-electron chi connectivity index (χ2n) is 4.08. The van der Waals surface area contributed by atoms with E-state index in [0.717, 1.165) is 6.92 Å². The molecule has 0 amide bonds. The minimum atomic E-state index is -1.42. The van der Waals surface area contributed by atoms with Gasteiger partial charge in [0, 0.05) is 11.6 Å². The van der Waals surface area contributed by atoms with E-state index in [1.54, 1.807) is 6.07 Å². The lowest BCUT2D eigenvalue weighted by molar-refractivity contribution is 0.174. The van der Waals surface area contributed by atoms with E-state index in [-0.39, 0.29) is 12.5 Å². The summed E-state index contributed by atoms with van der Waals surface area (Å²) in [5, 5.41) is 0. The van der Waals surface area contributed by atoms with E-state index in [2.05, 4.69) is 4.98 Å². The Kier molecular flexibility index (Phi) is 2.89. The Bertz CT molecular complexity index is 691. The zero-order valence-corrected chi connectivity index (χ0v) is 10.2. The predicted molar refractivity (Wildman–Crippen MR) is 61.5 cm³/mol. The quantitative estimate of drug-likeness (QED) is 0.793. The van der Waals surface area contributed by atoms with Gasteiger partial charge in [0.2, 0.25) is 6.79 Å². The lowest BCUT2D eigenvalue weighted by atomic mass is 10.2. The molecule has 0 saturated heterocycles. The van der Waals surface area contributed by atoms with Gasteiger partial charge in [-0.05, 0) is 19.1 Å². The molecule has 7 heteroatoms. The third-order valence-corrected chi connectivity index (χ3v) is 2.79. The summed E-state index contributed by atoms with van der Waals surface area (Å²) in [5.74, 6) is -3.33. The highest BCUT2D eigenvalue weighted by Crippen LogP contribution is 2.37. The van der Waals surface area contributed by atoms with Crippen LogP contribution in [-0.4, -0.2) is 11.8 Å². The van der Waals surface area contributed by atoms with Crippen molar-refractivity contribution in [1.29, 1.82) is 0 Å². The van der Waals surface area contributed by atoms with E-state index < -0.39 is 29.0 Å². The minimum Gasteiger partial charge on any atom is -0.454 e. The number of ether oxygens (including phenoxy) is 3. The molecule has 0 unspecified atom stereocenters. The van der Waals surface area contributed by atoms with Gasteiger partial charge in [0.15, 0.2) is 23.1 Å². The Morgan fingerprint density at radius 2 is 1.85 bits per heavy atom. The van der Waals surface area contributed by atoms with Crippen LogP contribution >= 0.6 is 0 Å². The van der Waals surface area contributed by atoms with Crippen LogP contribution in [0.2, 0.25) is 0 Å². The van der Waals surface area contributed by atoms with Crippen LogP contribution in [0.1, 0.15) is 5.56 Å². The van der Waals surface area contributed by atoms with E-state index in [0.29, 0.717) is 11.5 Å². The highest BCUT2D eigenvalue weighted by Gasteiger charge is 2.20. The van der Waals surface area contributed by atoms with Crippen molar-refractivity contribution in [3.8, 4) is 23.1 Å². The summed E-state index contributed by atoms with van der Waals surface area (Å²) in [7, 11) is 0. The summed E-state index contributed by atoms with van der Waals surface area (Å²) in [6.45, 7) is 1.18. The first-order valence-corrected chi connectivity index (χ1v) is 5.65. The summed E-state index contributed by atoms with van der Waals surface area (Å²) in [4.78, 5) is 3.11. The average Bonchev–Trinajstić information content (AvgIpc) is 2.90. The van der Waals surface area contributed by atoms with Gasteiger partial charge in [0.25, 0.3) is 11.8 Å². The maximum Gasteiger partial charge on any atom is 0.259 e. The van der Waals surface area contributed by atoms with Gasteiger partial charge in [-0.2, -0.15) is 9.37 Å². The molecule has 1 aromatic heterocycles. The van der Waals surface area contributed by atoms with Crippen LogP contribution in [0.25, 0.3) is 0 Å². The van der Waals surface area contributed by atoms with Gasteiger partial charge in [-0.1, -0.05) is 0 Å². The van der Waals surface area contributed by atoms with E-state index in [4.69, 9.17) is 14.2 Å². The molecular weight excluding hydrogens is 275 g/mol. The minimum absolute atomic E-state index is 0.0790. The van der Waals surface area contributed by atoms with Crippen LogP contribution in [0.5, 0.6) is 23.1 Å². The lowest BCUT2D eigenvalue weighted by Gasteiger charge is -2.08. The summed E-state index contributed by atoms with van der Waals surface area (Å²) < 4.78 is 55.4. The zero-order valence-electron chi connectivity index (χ0n) is 10.2. The molecule has 0 atom stereocenters. The smallest absolute Gasteiger partial charge is 0.259 e. The Morgan fingerprint density at radius 1 is 1.10 bits per heavy atom. The Hall–Kier alpha value is -2.44. The zero-order chi connectivity index (χ0) is 14.3. The topological polar surface area (TPSA) is 40.6 Å². The van der Waals surface area contributed by atoms with Crippen molar-refractivity contribution in [3.63, 3.8) is 0 Å². The average molecular weight is 283 g/mol. The molecule has 2 heterocycles. The number of halogens is 3. The van der Waals surface area contributed by atoms with Gasteiger partial charge in [-0.15, -0.1) is 0 Å². The van der Waals surface area contributed by atoms with Gasteiger partial charge in [-0.3, -0.25) is 0 Å². The molecule has 104 valence electrons. The molecule has 0 fully saturated rings. The summed E-state index contributed by atoms with van der Waals surface area (Å²) >= 11 is 0. The van der Waals surface area contributed by atoms with Gasteiger partial charge in [-0.25, -0.2) is 8.78 Å². The third-order valence-electron chi connectivity index (χ3n) is 2.79. The first-order chi connectivity index (χ1) is 9.56. The number of hydrogen-bond donors (Lipinski definition) is 0. The monoisotopic (exact) mass is 283 g/mol. The highest BCUT2D eigenvalue weighted by molar-refractivity contribution is 5.47. The van der Waals surface area contributed by atoms with Crippen LogP contribution in [0.3, 0.4) is 0 Å². The van der Waals surface area contributed by atoms with E-state index in [9.17, 15) is 13.2 Å². The Labute approximate surface area is 111 Å². The van der Waals surface area contributed by atoms with Crippen molar-refractivity contribution in [3.05, 3.63) is 41.3 Å². The molecule has 2 aromatic rings. The van der Waals surface area contributed by atoms with Crippen molar-refractivity contribution in [2.75, 3.05) is 6.79 Å². The SMILES string of the molecule is Cc1c(F)c(F)nc(Oc2ccc3c(c2)OCO3)c1F. The normalized spacial score (nSPS) is 12.6. The molecule has 3 rings (SSSR count). The van der Waals surface area contributed by atoms with Crippen molar-refractivity contribution in [1.82, 2.24) is 4.98 Å². The molecule has 20 heavy (non-hydrogen) atoms. The molecular formula is C13H8F3NO3. The first kappa shape index (κ1) is 12.6. The van der Waals surface area contributed by atoms with E-state index >= 15 is 0 Å². The van der Waals surface area contributed by atoms with Crippen molar-refractivity contribution in [2.24, 2.45) is 0 Å². The second kappa shape index (κ2) is 4.59. The number of hydrogen-bond acceptors (Lipinski definition) is 4. The number of rotatable bonds is 2. The molecule has 1 aliphatic heterocycles. The Balaban J connectivity index is 1.96. The molecule has 0 radical (unpaired) electrons. The summed E-state index contributed by atoms with van der Waals surface area (Å²) in [6.07, 6.45) is 0. The summed E-state index contributed by atoms with van der Waals surface area (Å²) in [5.41, 5.74) is -0.492. The number of benzene rings is 1. The molecule has 0 aliphatic carbocycles. The fourth-order valence-corrected chi connectivity index (χ4v) is 1.72. The number of fused-ring (bicyclic) bond motifs is 1. The van der Waals surface area contributed by atoms with Crippen LogP contribution in [0, 0.1) is 24.5 Å². The fraction of sp³-hybridized carbons (Fsp3) is 0.154. The lowest BCUT2D eigenvalue weighted by Crippen LogP contribution is -2.02. The Morgan fingerprint density at radius 3 is 2.65 bits per heavy atom. The number of pyridine rings is 1. The molecule has 0 N–H and O–H groups in total. The third kappa shape index (κ3) is 2.01. The standard InChI is InChI=1S/C13H8F3NO3/c1-6-10(14)12(16)17-13(11(6)15)20-7-2-3-8-9(4-7)19-5-18-8/h2-4H,5H2,1H3. The van der Waals surface area contributed by atoms with E-state index in [1.807, 2.05) is 0 Å². The maximum absolute atomic E-state index is 13.8. The van der Waals surface area contributed by atoms with Crippen LogP contribution in [0.4, 0.5) is 13.2 Å². The van der Waals surface area contributed by atoms with Gasteiger partial charge >= 0.3 is 0 Å². The largest absolute Gasteiger partial charge is 0.454 e. The fourth-order valence-electron chi connectivity index (χ4n) is 1.72. The molecule has 1 aliphatic rings. The second-order valence-corrected chi connectivity index (χ2v) is 4.08. The van der Waals surface area contributed by atoms with E-state index in [1.165, 1.54) is 12.1 Å². The maximum atomic E-state index is 13.8. The van der Waals surface area contributed by atoms with Crippen LogP contribution in [-0.2, 0) is 0 Å². The van der Waals surface area contributed by atoms with Gasteiger partial charge in [0.05, 0.1) is 0 Å². The number of aromatic nitrogens is 1. The molecule has 4 nitrogen and oxygen atoms in total. The van der Waals surface area contributed by atoms with Crippen molar-refractivity contribution in [2.45, 2.75) is 6.92 Å². The molecule has 0 bridgehead atoms. The molecule has 0 saturated carbocycles. The highest BCUT2D eigenvalue weighted by atomic mass is 19.2. The number of nitrogens with zero attached hydrogens (tertiary/aromatic N) is 1. The molecule has 0 spiro atoms. The first-order valence-electron chi connectivity index (χ1n) is 5.65. The van der Waals surface area contributed by atoms with Crippen LogP contribution in [0.15, 0.2) is 18.2 Å². The van der Waals surface area contributed by atoms with Crippen molar-refractivity contribution < 1.29 is 27.4 Å². The van der Waals surface area contributed by atoms with Gasteiger partial charge < -0.3 is 14.2 Å².